The summed E-state index contributed by atoms with van der Waals surface area (Å²) in [7, 11) is 4.11. The smallest absolute Gasteiger partial charge is 0.242 e. The first-order chi connectivity index (χ1) is 9.01. The summed E-state index contributed by atoms with van der Waals surface area (Å²) in [6, 6.07) is 0.312. The number of hydrogen-bond donors (Lipinski definition) is 1. The van der Waals surface area contributed by atoms with Crippen molar-refractivity contribution in [2.45, 2.75) is 26.8 Å². The van der Waals surface area contributed by atoms with Gasteiger partial charge in [0.1, 0.15) is 12.0 Å². The van der Waals surface area contributed by atoms with Gasteiger partial charge in [0.15, 0.2) is 5.82 Å². The number of aromatic nitrogens is 2. The third-order valence-corrected chi connectivity index (χ3v) is 2.88. The van der Waals surface area contributed by atoms with Gasteiger partial charge in [-0.05, 0) is 34.9 Å². The molecule has 0 aliphatic rings. The highest BCUT2D eigenvalue weighted by atomic mass is 16.5. The van der Waals surface area contributed by atoms with Crippen molar-refractivity contribution in [3.63, 3.8) is 0 Å². The number of hydrogen-bond acceptors (Lipinski definition) is 6. The number of likely N-dealkylation sites (N-methyl/N-ethyl adjacent to an activating group) is 2. The fraction of sp³-hybridized carbons (Fsp3) is 0.692. The minimum Gasteiger partial charge on any atom is -0.476 e. The quantitative estimate of drug-likeness (QED) is 0.801. The van der Waals surface area contributed by atoms with E-state index in [1.165, 1.54) is 6.33 Å². The Morgan fingerprint density at radius 3 is 2.53 bits per heavy atom. The first-order valence-corrected chi connectivity index (χ1v) is 6.65. The molecule has 108 valence electrons. The van der Waals surface area contributed by atoms with E-state index in [4.69, 9.17) is 10.5 Å². The number of nitrogens with zero attached hydrogens (tertiary/aromatic N) is 4. The van der Waals surface area contributed by atoms with Gasteiger partial charge in [-0.2, -0.15) is 4.98 Å². The van der Waals surface area contributed by atoms with Crippen molar-refractivity contribution in [1.82, 2.24) is 14.9 Å². The summed E-state index contributed by atoms with van der Waals surface area (Å²) in [5.74, 6) is 1.21. The molecule has 1 aromatic heterocycles. The first-order valence-electron chi connectivity index (χ1n) is 6.65. The minimum atomic E-state index is 0.312. The van der Waals surface area contributed by atoms with Gasteiger partial charge < -0.3 is 20.3 Å². The highest BCUT2D eigenvalue weighted by Crippen LogP contribution is 2.28. The Morgan fingerprint density at radius 1 is 1.32 bits per heavy atom. The van der Waals surface area contributed by atoms with E-state index in [2.05, 4.69) is 47.7 Å². The summed E-state index contributed by atoms with van der Waals surface area (Å²) in [4.78, 5) is 12.7. The average Bonchev–Trinajstić information content (AvgIpc) is 2.34. The molecule has 2 N–H and O–H groups in total. The van der Waals surface area contributed by atoms with Gasteiger partial charge in [-0.15, -0.1) is 0 Å². The largest absolute Gasteiger partial charge is 0.476 e. The van der Waals surface area contributed by atoms with Gasteiger partial charge in [0.2, 0.25) is 5.88 Å². The molecule has 0 aliphatic carbocycles. The van der Waals surface area contributed by atoms with E-state index in [-0.39, 0.29) is 0 Å². The summed E-state index contributed by atoms with van der Waals surface area (Å²) in [6.07, 6.45) is 1.50. The van der Waals surface area contributed by atoms with Gasteiger partial charge in [-0.1, -0.05) is 0 Å². The molecule has 1 rings (SSSR count). The van der Waals surface area contributed by atoms with Crippen molar-refractivity contribution in [3.05, 3.63) is 6.33 Å². The van der Waals surface area contributed by atoms with Crippen molar-refractivity contribution in [2.75, 3.05) is 44.4 Å². The van der Waals surface area contributed by atoms with E-state index in [1.807, 2.05) is 6.92 Å². The number of ether oxygens (including phenoxy) is 1. The number of nitrogens with two attached hydrogens (primary N) is 1. The molecule has 0 spiro atoms. The zero-order valence-electron chi connectivity index (χ0n) is 12.6. The second kappa shape index (κ2) is 7.13. The van der Waals surface area contributed by atoms with E-state index in [1.54, 1.807) is 0 Å². The van der Waals surface area contributed by atoms with Crippen LogP contribution in [0.5, 0.6) is 5.88 Å². The highest BCUT2D eigenvalue weighted by Gasteiger charge is 2.19. The van der Waals surface area contributed by atoms with Crippen molar-refractivity contribution in [3.8, 4) is 5.88 Å². The molecule has 1 atom stereocenters. The van der Waals surface area contributed by atoms with Crippen molar-refractivity contribution in [1.29, 1.82) is 0 Å². The Kier molecular flexibility index (Phi) is 5.82. The molecule has 0 fully saturated rings. The highest BCUT2D eigenvalue weighted by molar-refractivity contribution is 5.68. The van der Waals surface area contributed by atoms with Gasteiger partial charge in [0.05, 0.1) is 6.61 Å². The zero-order chi connectivity index (χ0) is 14.4. The molecular weight excluding hydrogens is 242 g/mol. The number of nitrogen functional groups attached to an aromatic ring is 1. The Bertz CT molecular complexity index is 397. The van der Waals surface area contributed by atoms with Crippen LogP contribution < -0.4 is 15.4 Å². The molecule has 1 heterocycles. The van der Waals surface area contributed by atoms with Crippen molar-refractivity contribution < 1.29 is 4.74 Å². The normalized spacial score (nSPS) is 12.5. The summed E-state index contributed by atoms with van der Waals surface area (Å²) < 4.78 is 5.42. The average molecular weight is 267 g/mol. The van der Waals surface area contributed by atoms with E-state index in [0.29, 0.717) is 24.2 Å². The lowest BCUT2D eigenvalue weighted by Gasteiger charge is -2.31. The van der Waals surface area contributed by atoms with E-state index in [0.717, 1.165) is 18.9 Å². The molecule has 1 aromatic rings. The molecule has 19 heavy (non-hydrogen) atoms. The molecule has 0 aliphatic heterocycles. The maximum atomic E-state index is 6.11. The SMILES string of the molecule is CCOc1ncnc(N(CC)C(C)CN(C)C)c1N. The van der Waals surface area contributed by atoms with Crippen LogP contribution in [0.4, 0.5) is 11.5 Å². The first kappa shape index (κ1) is 15.5. The maximum Gasteiger partial charge on any atom is 0.242 e. The number of rotatable bonds is 7. The third-order valence-electron chi connectivity index (χ3n) is 2.88. The van der Waals surface area contributed by atoms with Crippen molar-refractivity contribution in [2.24, 2.45) is 0 Å². The summed E-state index contributed by atoms with van der Waals surface area (Å²) in [5, 5.41) is 0. The fourth-order valence-electron chi connectivity index (χ4n) is 2.15. The zero-order valence-corrected chi connectivity index (χ0v) is 12.6. The summed E-state index contributed by atoms with van der Waals surface area (Å²) >= 11 is 0. The van der Waals surface area contributed by atoms with E-state index < -0.39 is 0 Å². The molecule has 0 aromatic carbocycles. The van der Waals surface area contributed by atoms with Crippen LogP contribution in [0.15, 0.2) is 6.33 Å². The Balaban J connectivity index is 3.01. The fourth-order valence-corrected chi connectivity index (χ4v) is 2.15. The lowest BCUT2D eigenvalue weighted by atomic mass is 10.2. The summed E-state index contributed by atoms with van der Waals surface area (Å²) in [5.41, 5.74) is 6.62. The Labute approximate surface area is 115 Å². The minimum absolute atomic E-state index is 0.312. The Hall–Kier alpha value is -1.56. The van der Waals surface area contributed by atoms with E-state index >= 15 is 0 Å². The second-order valence-corrected chi connectivity index (χ2v) is 4.75. The van der Waals surface area contributed by atoms with Crippen LogP contribution >= 0.6 is 0 Å². The second-order valence-electron chi connectivity index (χ2n) is 4.75. The van der Waals surface area contributed by atoms with Crippen LogP contribution in [-0.2, 0) is 0 Å². The van der Waals surface area contributed by atoms with Gasteiger partial charge in [0, 0.05) is 19.1 Å². The van der Waals surface area contributed by atoms with Crippen molar-refractivity contribution >= 4 is 11.5 Å². The molecule has 0 amide bonds. The standard InChI is InChI=1S/C13H25N5O/c1-6-18(10(3)8-17(4)5)12-11(14)13(19-7-2)16-9-15-12/h9-10H,6-8,14H2,1-5H3. The van der Waals surface area contributed by atoms with Crippen LogP contribution in [0.2, 0.25) is 0 Å². The van der Waals surface area contributed by atoms with Crippen LogP contribution in [0.1, 0.15) is 20.8 Å². The van der Waals surface area contributed by atoms with Crippen LogP contribution in [0, 0.1) is 0 Å². The molecule has 0 radical (unpaired) electrons. The molecule has 0 saturated heterocycles. The van der Waals surface area contributed by atoms with Gasteiger partial charge in [-0.25, -0.2) is 4.98 Å². The lowest BCUT2D eigenvalue weighted by Crippen LogP contribution is -2.41. The monoisotopic (exact) mass is 267 g/mol. The van der Waals surface area contributed by atoms with Gasteiger partial charge in [-0.3, -0.25) is 0 Å². The van der Waals surface area contributed by atoms with Crippen LogP contribution in [-0.4, -0.2) is 54.7 Å². The number of anilines is 2. The molecule has 6 heteroatoms. The molecule has 1 unspecified atom stereocenters. The lowest BCUT2D eigenvalue weighted by molar-refractivity contribution is 0.328. The summed E-state index contributed by atoms with van der Waals surface area (Å²) in [6.45, 7) is 8.47. The van der Waals surface area contributed by atoms with Crippen LogP contribution in [0.3, 0.4) is 0 Å². The van der Waals surface area contributed by atoms with Gasteiger partial charge in [0.25, 0.3) is 0 Å². The predicted molar refractivity (Wildman–Crippen MR) is 78.6 cm³/mol. The third kappa shape index (κ3) is 3.96. The molecule has 0 saturated carbocycles. The van der Waals surface area contributed by atoms with Crippen LogP contribution in [0.25, 0.3) is 0 Å². The van der Waals surface area contributed by atoms with Gasteiger partial charge >= 0.3 is 0 Å². The molecule has 6 nitrogen and oxygen atoms in total. The van der Waals surface area contributed by atoms with E-state index in [9.17, 15) is 0 Å². The topological polar surface area (TPSA) is 67.5 Å². The predicted octanol–water partition coefficient (Wildman–Crippen LogP) is 1.23. The Morgan fingerprint density at radius 2 is 2.00 bits per heavy atom. The molecule has 0 bridgehead atoms. The maximum absolute atomic E-state index is 6.11. The molecular formula is C13H25N5O.